The molecule has 138 valence electrons. The molecule has 0 amide bonds. The molecule has 0 saturated carbocycles. The van der Waals surface area contributed by atoms with Gasteiger partial charge in [-0.2, -0.15) is 11.3 Å². The van der Waals surface area contributed by atoms with Crippen LogP contribution in [0.5, 0.6) is 0 Å². The van der Waals surface area contributed by atoms with Crippen LogP contribution in [0.4, 0.5) is 4.39 Å². The number of guanidine groups is 1. The van der Waals surface area contributed by atoms with Crippen LogP contribution in [0.15, 0.2) is 44.5 Å². The second-order valence-electron chi connectivity index (χ2n) is 5.57. The predicted octanol–water partition coefficient (Wildman–Crippen LogP) is 4.23. The zero-order valence-corrected chi connectivity index (χ0v) is 18.8. The second-order valence-corrected chi connectivity index (χ2v) is 7.27. The molecule has 1 unspecified atom stereocenters. The van der Waals surface area contributed by atoms with Crippen molar-refractivity contribution >= 4 is 57.2 Å². The lowest BCUT2D eigenvalue weighted by atomic mass is 9.99. The molecular formula is C17H22BrFIN3OS. The van der Waals surface area contributed by atoms with Crippen molar-refractivity contribution in [2.45, 2.75) is 26.0 Å². The smallest absolute Gasteiger partial charge is 0.191 e. The molecule has 0 fully saturated rings. The van der Waals surface area contributed by atoms with Gasteiger partial charge in [0.15, 0.2) is 5.96 Å². The highest BCUT2D eigenvalue weighted by Crippen LogP contribution is 2.22. The highest BCUT2D eigenvalue weighted by atomic mass is 127. The van der Waals surface area contributed by atoms with Crippen LogP contribution < -0.4 is 10.6 Å². The summed E-state index contributed by atoms with van der Waals surface area (Å²) in [5.74, 6) is 0.240. The zero-order valence-electron chi connectivity index (χ0n) is 14.1. The molecule has 1 heterocycles. The van der Waals surface area contributed by atoms with Gasteiger partial charge in [0.2, 0.25) is 0 Å². The Labute approximate surface area is 177 Å². The summed E-state index contributed by atoms with van der Waals surface area (Å²) >= 11 is 4.78. The van der Waals surface area contributed by atoms with Gasteiger partial charge in [0.25, 0.3) is 0 Å². The highest BCUT2D eigenvalue weighted by molar-refractivity contribution is 14.0. The van der Waals surface area contributed by atoms with Crippen molar-refractivity contribution < 1.29 is 9.50 Å². The number of aliphatic imine (C=N–C) groups is 1. The van der Waals surface area contributed by atoms with E-state index >= 15 is 0 Å². The van der Waals surface area contributed by atoms with Crippen molar-refractivity contribution in [3.63, 3.8) is 0 Å². The van der Waals surface area contributed by atoms with Crippen LogP contribution in [0.3, 0.4) is 0 Å². The van der Waals surface area contributed by atoms with Crippen LogP contribution in [0.1, 0.15) is 25.0 Å². The first kappa shape index (κ1) is 22.3. The van der Waals surface area contributed by atoms with E-state index in [1.807, 2.05) is 23.8 Å². The van der Waals surface area contributed by atoms with E-state index in [0.29, 0.717) is 29.1 Å². The van der Waals surface area contributed by atoms with Crippen molar-refractivity contribution in [2.75, 3.05) is 13.1 Å². The van der Waals surface area contributed by atoms with Crippen LogP contribution >= 0.6 is 51.2 Å². The summed E-state index contributed by atoms with van der Waals surface area (Å²) in [5, 5.41) is 20.6. The third-order valence-electron chi connectivity index (χ3n) is 3.51. The number of nitrogens with one attached hydrogen (secondary N) is 2. The molecule has 25 heavy (non-hydrogen) atoms. The van der Waals surface area contributed by atoms with Gasteiger partial charge < -0.3 is 15.7 Å². The van der Waals surface area contributed by atoms with Gasteiger partial charge in [-0.25, -0.2) is 9.38 Å². The van der Waals surface area contributed by atoms with E-state index in [9.17, 15) is 9.50 Å². The SMILES string of the molecule is CCNC(=NCc1ccc(Br)cc1F)NCC(C)(O)c1ccsc1.I. The number of thiophene rings is 1. The minimum atomic E-state index is -1.00. The average Bonchev–Trinajstić information content (AvgIpc) is 3.07. The third kappa shape index (κ3) is 6.84. The Hall–Kier alpha value is -0.710. The number of aliphatic hydroxyl groups is 1. The summed E-state index contributed by atoms with van der Waals surface area (Å²) in [6, 6.07) is 6.81. The van der Waals surface area contributed by atoms with E-state index in [2.05, 4.69) is 31.6 Å². The predicted molar refractivity (Wildman–Crippen MR) is 116 cm³/mol. The van der Waals surface area contributed by atoms with Gasteiger partial charge in [0, 0.05) is 16.6 Å². The molecule has 2 rings (SSSR count). The lowest BCUT2D eigenvalue weighted by Gasteiger charge is -2.24. The summed E-state index contributed by atoms with van der Waals surface area (Å²) < 4.78 is 14.6. The second kappa shape index (κ2) is 10.4. The van der Waals surface area contributed by atoms with Gasteiger partial charge in [-0.1, -0.05) is 22.0 Å². The van der Waals surface area contributed by atoms with Crippen molar-refractivity contribution in [1.82, 2.24) is 10.6 Å². The first-order valence-electron chi connectivity index (χ1n) is 7.63. The van der Waals surface area contributed by atoms with Gasteiger partial charge >= 0.3 is 0 Å². The van der Waals surface area contributed by atoms with Crippen molar-refractivity contribution in [1.29, 1.82) is 0 Å². The maximum absolute atomic E-state index is 13.9. The molecule has 0 spiro atoms. The summed E-state index contributed by atoms with van der Waals surface area (Å²) in [4.78, 5) is 4.39. The largest absolute Gasteiger partial charge is 0.384 e. The fraction of sp³-hybridized carbons (Fsp3) is 0.353. The Bertz CT molecular complexity index is 695. The lowest BCUT2D eigenvalue weighted by molar-refractivity contribution is 0.0621. The molecule has 0 saturated heterocycles. The number of nitrogens with zero attached hydrogens (tertiary/aromatic N) is 1. The summed E-state index contributed by atoms with van der Waals surface area (Å²) in [5.41, 5.74) is 0.369. The van der Waals surface area contributed by atoms with Gasteiger partial charge in [-0.05, 0) is 48.4 Å². The molecule has 1 atom stereocenters. The van der Waals surface area contributed by atoms with Gasteiger partial charge in [0.1, 0.15) is 11.4 Å². The van der Waals surface area contributed by atoms with E-state index in [1.54, 1.807) is 30.4 Å². The Morgan fingerprint density at radius 1 is 1.36 bits per heavy atom. The van der Waals surface area contributed by atoms with E-state index in [-0.39, 0.29) is 36.3 Å². The van der Waals surface area contributed by atoms with Crippen LogP contribution in [-0.2, 0) is 12.1 Å². The maximum atomic E-state index is 13.9. The minimum Gasteiger partial charge on any atom is -0.384 e. The zero-order chi connectivity index (χ0) is 17.6. The molecule has 8 heteroatoms. The molecule has 0 radical (unpaired) electrons. The molecule has 0 bridgehead atoms. The molecular weight excluding hydrogens is 520 g/mol. The van der Waals surface area contributed by atoms with Gasteiger partial charge in [0.05, 0.1) is 13.1 Å². The van der Waals surface area contributed by atoms with E-state index in [0.717, 1.165) is 5.56 Å². The Morgan fingerprint density at radius 2 is 2.12 bits per heavy atom. The van der Waals surface area contributed by atoms with Crippen molar-refractivity contribution in [3.05, 3.63) is 56.4 Å². The first-order valence-corrected chi connectivity index (χ1v) is 9.37. The number of halogens is 3. The summed E-state index contributed by atoms with van der Waals surface area (Å²) in [6.07, 6.45) is 0. The number of hydrogen-bond donors (Lipinski definition) is 3. The lowest BCUT2D eigenvalue weighted by Crippen LogP contribution is -2.44. The third-order valence-corrected chi connectivity index (χ3v) is 4.69. The van der Waals surface area contributed by atoms with Crippen molar-refractivity contribution in [2.24, 2.45) is 4.99 Å². The van der Waals surface area contributed by atoms with Gasteiger partial charge in [-0.3, -0.25) is 0 Å². The standard InChI is InChI=1S/C17H21BrFN3OS.HI/c1-3-20-16(21-9-12-4-5-14(18)8-15(12)19)22-11-17(2,23)13-6-7-24-10-13;/h4-8,10,23H,3,9,11H2,1-2H3,(H2,20,21,22);1H. The van der Waals surface area contributed by atoms with Crippen LogP contribution in [0, 0.1) is 5.82 Å². The van der Waals surface area contributed by atoms with Crippen LogP contribution in [0.25, 0.3) is 0 Å². The minimum absolute atomic E-state index is 0. The molecule has 0 aliphatic carbocycles. The molecule has 1 aromatic heterocycles. The first-order chi connectivity index (χ1) is 11.4. The molecule has 0 aliphatic heterocycles. The van der Waals surface area contributed by atoms with Crippen LogP contribution in [-0.4, -0.2) is 24.2 Å². The number of hydrogen-bond acceptors (Lipinski definition) is 3. The molecule has 3 N–H and O–H groups in total. The van der Waals surface area contributed by atoms with Crippen molar-refractivity contribution in [3.8, 4) is 0 Å². The molecule has 0 aliphatic rings. The number of benzene rings is 1. The van der Waals surface area contributed by atoms with E-state index < -0.39 is 5.60 Å². The normalized spacial score (nSPS) is 13.7. The van der Waals surface area contributed by atoms with Crippen LogP contribution in [0.2, 0.25) is 0 Å². The Kier molecular flexibility index (Phi) is 9.33. The van der Waals surface area contributed by atoms with E-state index in [4.69, 9.17) is 0 Å². The molecule has 2 aromatic rings. The maximum Gasteiger partial charge on any atom is 0.191 e. The summed E-state index contributed by atoms with van der Waals surface area (Å²) in [6.45, 7) is 4.90. The Balaban J connectivity index is 0.00000312. The molecule has 1 aromatic carbocycles. The monoisotopic (exact) mass is 541 g/mol. The highest BCUT2D eigenvalue weighted by Gasteiger charge is 2.23. The summed E-state index contributed by atoms with van der Waals surface area (Å²) in [7, 11) is 0. The van der Waals surface area contributed by atoms with Gasteiger partial charge in [-0.15, -0.1) is 24.0 Å². The average molecular weight is 542 g/mol. The quantitative estimate of drug-likeness (QED) is 0.291. The fourth-order valence-corrected chi connectivity index (χ4v) is 3.20. The topological polar surface area (TPSA) is 56.7 Å². The number of rotatable bonds is 6. The fourth-order valence-electron chi connectivity index (χ4n) is 2.08. The molecule has 4 nitrogen and oxygen atoms in total. The Morgan fingerprint density at radius 3 is 2.72 bits per heavy atom. The van der Waals surface area contributed by atoms with E-state index in [1.165, 1.54) is 6.07 Å².